The summed E-state index contributed by atoms with van der Waals surface area (Å²) in [4.78, 5) is 19.7. The number of benzene rings is 1. The summed E-state index contributed by atoms with van der Waals surface area (Å²) >= 11 is 1.56. The number of rotatable bonds is 7. The van der Waals surface area contributed by atoms with Crippen LogP contribution in [-0.2, 0) is 11.3 Å². The zero-order chi connectivity index (χ0) is 18.6. The smallest absolute Gasteiger partial charge is 0.267 e. The number of carbonyl (C=O) groups excluding carboxylic acids is 1. The minimum absolute atomic E-state index is 0.0258. The van der Waals surface area contributed by atoms with Gasteiger partial charge in [0.1, 0.15) is 5.75 Å². The number of hydrogen-bond acceptors (Lipinski definition) is 6. The molecule has 0 radical (unpaired) electrons. The topological polar surface area (TPSA) is 68.5 Å². The first-order chi connectivity index (χ1) is 13.2. The summed E-state index contributed by atoms with van der Waals surface area (Å²) in [5.41, 5.74) is 1.08. The van der Waals surface area contributed by atoms with E-state index in [1.54, 1.807) is 11.3 Å². The Balaban J connectivity index is 1.39. The second kappa shape index (κ2) is 7.92. The maximum Gasteiger partial charge on any atom is 0.267 e. The van der Waals surface area contributed by atoms with Crippen molar-refractivity contribution < 1.29 is 14.1 Å². The Labute approximate surface area is 161 Å². The Morgan fingerprint density at radius 2 is 2.15 bits per heavy atom. The van der Waals surface area contributed by atoms with Gasteiger partial charge in [-0.15, -0.1) is 11.3 Å². The molecule has 0 aliphatic carbocycles. The van der Waals surface area contributed by atoms with Gasteiger partial charge in [0, 0.05) is 25.4 Å². The lowest BCUT2D eigenvalue weighted by Crippen LogP contribution is -2.24. The molecule has 6 nitrogen and oxygen atoms in total. The molecule has 2 aromatic heterocycles. The third-order valence-corrected chi connectivity index (χ3v) is 5.38. The average Bonchev–Trinajstić information content (AvgIpc) is 3.42. The van der Waals surface area contributed by atoms with Crippen molar-refractivity contribution in [1.29, 1.82) is 0 Å². The number of likely N-dealkylation sites (tertiary alicyclic amines) is 1. The summed E-state index contributed by atoms with van der Waals surface area (Å²) in [5, 5.41) is 6.07. The highest BCUT2D eigenvalue weighted by atomic mass is 32.1. The van der Waals surface area contributed by atoms with E-state index in [1.165, 1.54) is 0 Å². The summed E-state index contributed by atoms with van der Waals surface area (Å²) < 4.78 is 11.0. The number of ether oxygens (including phenoxy) is 1. The molecular weight excluding hydrogens is 362 g/mol. The van der Waals surface area contributed by atoms with E-state index in [9.17, 15) is 4.79 Å². The molecule has 0 spiro atoms. The van der Waals surface area contributed by atoms with E-state index in [1.807, 2.05) is 46.7 Å². The molecule has 1 aliphatic rings. The maximum absolute atomic E-state index is 12.4. The monoisotopic (exact) mass is 383 g/mol. The molecule has 3 aromatic rings. The zero-order valence-corrected chi connectivity index (χ0v) is 15.9. The number of aromatic nitrogens is 2. The Bertz CT molecular complexity index is 890. The molecule has 1 aromatic carbocycles. The quantitative estimate of drug-likeness (QED) is 0.614. The fourth-order valence-corrected chi connectivity index (χ4v) is 3.77. The van der Waals surface area contributed by atoms with Gasteiger partial charge in [-0.2, -0.15) is 4.98 Å². The van der Waals surface area contributed by atoms with Crippen molar-refractivity contribution >= 4 is 17.2 Å². The highest BCUT2D eigenvalue weighted by Gasteiger charge is 2.33. The van der Waals surface area contributed by atoms with Crippen LogP contribution in [0.2, 0.25) is 0 Å². The second-order valence-electron chi connectivity index (χ2n) is 6.60. The van der Waals surface area contributed by atoms with E-state index in [0.717, 1.165) is 22.6 Å². The van der Waals surface area contributed by atoms with Crippen LogP contribution in [0, 0.1) is 0 Å². The summed E-state index contributed by atoms with van der Waals surface area (Å²) in [6.45, 7) is 3.98. The van der Waals surface area contributed by atoms with Gasteiger partial charge in [-0.3, -0.25) is 4.79 Å². The third-order valence-electron chi connectivity index (χ3n) is 4.52. The highest BCUT2D eigenvalue weighted by molar-refractivity contribution is 7.13. The minimum Gasteiger partial charge on any atom is -0.494 e. The molecule has 0 N–H and O–H groups in total. The number of carbonyl (C=O) groups is 1. The van der Waals surface area contributed by atoms with Crippen molar-refractivity contribution in [2.75, 3.05) is 13.2 Å². The van der Waals surface area contributed by atoms with Gasteiger partial charge >= 0.3 is 0 Å². The third kappa shape index (κ3) is 4.03. The molecule has 1 fully saturated rings. The molecule has 140 valence electrons. The van der Waals surface area contributed by atoms with Crippen molar-refractivity contribution in [3.8, 4) is 16.5 Å². The Hall–Kier alpha value is -2.67. The van der Waals surface area contributed by atoms with E-state index in [0.29, 0.717) is 37.8 Å². The molecule has 0 bridgehead atoms. The van der Waals surface area contributed by atoms with Gasteiger partial charge in [0.2, 0.25) is 5.91 Å². The lowest BCUT2D eigenvalue weighted by Gasteiger charge is -2.16. The second-order valence-corrected chi connectivity index (χ2v) is 7.55. The predicted octanol–water partition coefficient (Wildman–Crippen LogP) is 4.10. The fraction of sp³-hybridized carbons (Fsp3) is 0.350. The Kier molecular flexibility index (Phi) is 5.20. The SMILES string of the molecule is CCCOc1ccc(CN2CC(c3noc(-c4cccs4)n3)CC2=O)cc1. The first kappa shape index (κ1) is 17.7. The lowest BCUT2D eigenvalue weighted by atomic mass is 10.1. The zero-order valence-electron chi connectivity index (χ0n) is 15.1. The van der Waals surface area contributed by atoms with Gasteiger partial charge in [-0.05, 0) is 35.6 Å². The lowest BCUT2D eigenvalue weighted by molar-refractivity contribution is -0.128. The van der Waals surface area contributed by atoms with Crippen LogP contribution in [0.15, 0.2) is 46.3 Å². The molecule has 1 saturated heterocycles. The molecule has 4 rings (SSSR count). The van der Waals surface area contributed by atoms with Gasteiger partial charge in [0.25, 0.3) is 5.89 Å². The Morgan fingerprint density at radius 1 is 1.30 bits per heavy atom. The van der Waals surface area contributed by atoms with Crippen molar-refractivity contribution in [1.82, 2.24) is 15.0 Å². The van der Waals surface area contributed by atoms with E-state index >= 15 is 0 Å². The van der Waals surface area contributed by atoms with E-state index in [2.05, 4.69) is 17.1 Å². The van der Waals surface area contributed by atoms with Gasteiger partial charge in [0.05, 0.1) is 11.5 Å². The van der Waals surface area contributed by atoms with Gasteiger partial charge in [-0.25, -0.2) is 0 Å². The molecule has 27 heavy (non-hydrogen) atoms. The van der Waals surface area contributed by atoms with E-state index in [4.69, 9.17) is 9.26 Å². The van der Waals surface area contributed by atoms with Gasteiger partial charge < -0.3 is 14.2 Å². The highest BCUT2D eigenvalue weighted by Crippen LogP contribution is 2.30. The summed E-state index contributed by atoms with van der Waals surface area (Å²) in [7, 11) is 0. The van der Waals surface area contributed by atoms with E-state index < -0.39 is 0 Å². The standard InChI is InChI=1S/C20H21N3O3S/c1-2-9-25-16-7-5-14(6-8-16)12-23-13-15(11-18(23)24)19-21-20(26-22-19)17-4-3-10-27-17/h3-8,10,15H,2,9,11-13H2,1H3. The van der Waals surface area contributed by atoms with Crippen LogP contribution in [0.4, 0.5) is 0 Å². The average molecular weight is 383 g/mol. The fourth-order valence-electron chi connectivity index (χ4n) is 3.13. The summed E-state index contributed by atoms with van der Waals surface area (Å²) in [5.74, 6) is 2.08. The molecule has 3 heterocycles. The molecule has 1 amide bonds. The summed E-state index contributed by atoms with van der Waals surface area (Å²) in [6, 6.07) is 11.8. The molecule has 1 aliphatic heterocycles. The number of hydrogen-bond donors (Lipinski definition) is 0. The maximum atomic E-state index is 12.4. The minimum atomic E-state index is -0.0258. The van der Waals surface area contributed by atoms with Crippen LogP contribution in [0.3, 0.4) is 0 Å². The molecule has 1 unspecified atom stereocenters. The first-order valence-corrected chi connectivity index (χ1v) is 9.98. The van der Waals surface area contributed by atoms with Crippen molar-refractivity contribution in [2.45, 2.75) is 32.2 Å². The molecule has 1 atom stereocenters. The van der Waals surface area contributed by atoms with Crippen molar-refractivity contribution in [3.63, 3.8) is 0 Å². The number of nitrogens with zero attached hydrogens (tertiary/aromatic N) is 3. The van der Waals surface area contributed by atoms with Gasteiger partial charge in [-0.1, -0.05) is 30.3 Å². The van der Waals surface area contributed by atoms with Crippen LogP contribution in [-0.4, -0.2) is 34.1 Å². The van der Waals surface area contributed by atoms with Crippen molar-refractivity contribution in [2.24, 2.45) is 0 Å². The first-order valence-electron chi connectivity index (χ1n) is 9.10. The van der Waals surface area contributed by atoms with Crippen LogP contribution in [0.1, 0.15) is 37.1 Å². The normalized spacial score (nSPS) is 16.9. The largest absolute Gasteiger partial charge is 0.494 e. The van der Waals surface area contributed by atoms with Crippen LogP contribution < -0.4 is 4.74 Å². The predicted molar refractivity (Wildman–Crippen MR) is 103 cm³/mol. The van der Waals surface area contributed by atoms with Crippen molar-refractivity contribution in [3.05, 3.63) is 53.2 Å². The molecule has 0 saturated carbocycles. The number of thiophene rings is 1. The summed E-state index contributed by atoms with van der Waals surface area (Å²) in [6.07, 6.45) is 1.40. The van der Waals surface area contributed by atoms with Crippen LogP contribution >= 0.6 is 11.3 Å². The van der Waals surface area contributed by atoms with Crippen LogP contribution in [0.5, 0.6) is 5.75 Å². The molecule has 7 heteroatoms. The van der Waals surface area contributed by atoms with Crippen LogP contribution in [0.25, 0.3) is 10.8 Å². The molecular formula is C20H21N3O3S. The number of amides is 1. The van der Waals surface area contributed by atoms with E-state index in [-0.39, 0.29) is 11.8 Å². The Morgan fingerprint density at radius 3 is 2.89 bits per heavy atom. The van der Waals surface area contributed by atoms with Gasteiger partial charge in [0.15, 0.2) is 5.82 Å².